The maximum Gasteiger partial charge on any atom is 0.274 e. The number of aromatic amines is 1. The second-order valence-corrected chi connectivity index (χ2v) is 10.1. The number of Topliss-reactive ketones (excluding diaryl/α,β-unsaturated/α-hetero) is 1. The Balaban J connectivity index is 1.32. The molecule has 0 saturated carbocycles. The average molecular weight is 543 g/mol. The number of anilines is 2. The number of fused-ring (bicyclic) bond motifs is 4. The van der Waals surface area contributed by atoms with Crippen molar-refractivity contribution in [1.29, 1.82) is 1.28 Å². The molecule has 8 heteroatoms. The number of rotatable bonds is 7. The van der Waals surface area contributed by atoms with Crippen molar-refractivity contribution in [3.8, 4) is 5.75 Å². The van der Waals surface area contributed by atoms with E-state index in [0.717, 1.165) is 38.5 Å². The number of nitrogens with zero attached hydrogens (tertiary/aromatic N) is 1. The second kappa shape index (κ2) is 9.79. The number of H-pyrrole nitrogens is 1. The lowest BCUT2D eigenvalue weighted by Crippen LogP contribution is -2.30. The first-order valence-corrected chi connectivity index (χ1v) is 13.2. The van der Waals surface area contributed by atoms with Gasteiger partial charge in [0, 0.05) is 58.4 Å². The van der Waals surface area contributed by atoms with Crippen LogP contribution in [-0.2, 0) is 6.42 Å². The van der Waals surface area contributed by atoms with E-state index in [0.29, 0.717) is 35.1 Å². The number of nitrogens with two attached hydrogens (primary N) is 1. The second-order valence-electron chi connectivity index (χ2n) is 9.55. The van der Waals surface area contributed by atoms with E-state index in [2.05, 4.69) is 4.98 Å². The average Bonchev–Trinajstić information content (AvgIpc) is 3.54. The standard InChI is InChI=1S/C30H25ClN3O3P/c31-15-20-16-34(26-14-28(37-38)22-3-1-2-4-23(22)29(20)26)30(36)25-13-19-11-17(5-10-24(19)33-25)12-27(35)18-6-8-21(32)9-7-18/h1-11,13-14,20,33H,12,15-16,32,38H2/t20-/m1/s1/i38D/t20-,38?. The number of benzene rings is 4. The fourth-order valence-electron chi connectivity index (χ4n) is 5.32. The van der Waals surface area contributed by atoms with E-state index in [1.165, 1.54) is 0 Å². The molecule has 1 aromatic heterocycles. The lowest BCUT2D eigenvalue weighted by molar-refractivity contribution is 0.0979. The molecule has 6 rings (SSSR count). The van der Waals surface area contributed by atoms with E-state index in [1.54, 1.807) is 29.2 Å². The Morgan fingerprint density at radius 3 is 2.63 bits per heavy atom. The molecule has 190 valence electrons. The zero-order chi connectivity index (χ0) is 27.1. The number of nitrogens with one attached hydrogen (secondary N) is 1. The van der Waals surface area contributed by atoms with Gasteiger partial charge in [0.15, 0.2) is 5.78 Å². The summed E-state index contributed by atoms with van der Waals surface area (Å²) in [4.78, 5) is 31.6. The van der Waals surface area contributed by atoms with Crippen molar-refractivity contribution in [3.63, 3.8) is 0 Å². The molecule has 0 saturated heterocycles. The van der Waals surface area contributed by atoms with Crippen LogP contribution in [0.3, 0.4) is 0 Å². The minimum atomic E-state index is -0.468. The molecule has 5 aromatic rings. The fraction of sp³-hybridized carbons (Fsp3) is 0.133. The predicted molar refractivity (Wildman–Crippen MR) is 157 cm³/mol. The minimum absolute atomic E-state index is 0.000479. The topological polar surface area (TPSA) is 88.4 Å². The van der Waals surface area contributed by atoms with E-state index in [4.69, 9.17) is 23.1 Å². The lowest BCUT2D eigenvalue weighted by Gasteiger charge is -2.18. The molecule has 2 atom stereocenters. The molecular formula is C30H25ClN3O3P. The zero-order valence-corrected chi connectivity index (χ0v) is 22.1. The highest BCUT2D eigenvalue weighted by molar-refractivity contribution is 7.10. The minimum Gasteiger partial charge on any atom is -0.480 e. The van der Waals surface area contributed by atoms with E-state index in [-0.39, 0.29) is 24.0 Å². The molecule has 0 aliphatic carbocycles. The van der Waals surface area contributed by atoms with Crippen molar-refractivity contribution in [2.75, 3.05) is 23.1 Å². The van der Waals surface area contributed by atoms with Crippen LogP contribution in [0.4, 0.5) is 11.4 Å². The highest BCUT2D eigenvalue weighted by Crippen LogP contribution is 2.46. The van der Waals surface area contributed by atoms with Crippen molar-refractivity contribution in [2.45, 2.75) is 12.3 Å². The molecule has 0 bridgehead atoms. The van der Waals surface area contributed by atoms with Crippen LogP contribution in [-0.4, -0.2) is 30.4 Å². The third-order valence-electron chi connectivity index (χ3n) is 7.18. The van der Waals surface area contributed by atoms with Gasteiger partial charge in [-0.05, 0) is 59.0 Å². The van der Waals surface area contributed by atoms with Gasteiger partial charge in [-0.15, -0.1) is 11.6 Å². The summed E-state index contributed by atoms with van der Waals surface area (Å²) in [7, 11) is -0.468. The molecule has 4 aromatic carbocycles. The number of nitrogen functional groups attached to an aromatic ring is 1. The first kappa shape index (κ1) is 23.3. The van der Waals surface area contributed by atoms with Crippen molar-refractivity contribution in [3.05, 3.63) is 101 Å². The summed E-state index contributed by atoms with van der Waals surface area (Å²) >= 11 is 6.39. The van der Waals surface area contributed by atoms with Crippen molar-refractivity contribution < 1.29 is 14.1 Å². The molecule has 6 nitrogen and oxygen atoms in total. The normalized spacial score (nSPS) is 15.3. The Bertz CT molecular complexity index is 1740. The van der Waals surface area contributed by atoms with Gasteiger partial charge in [-0.25, -0.2) is 0 Å². The van der Waals surface area contributed by atoms with Gasteiger partial charge in [0.25, 0.3) is 5.91 Å². The highest BCUT2D eigenvalue weighted by atomic mass is 35.5. The zero-order valence-electron chi connectivity index (χ0n) is 21.3. The van der Waals surface area contributed by atoms with Gasteiger partial charge in [0.05, 0.1) is 16.4 Å². The maximum absolute atomic E-state index is 13.8. The number of carbonyl (C=O) groups is 2. The van der Waals surface area contributed by atoms with E-state index < -0.39 is 9.41 Å². The molecule has 0 fully saturated rings. The molecule has 1 amide bonds. The number of alkyl halides is 1. The van der Waals surface area contributed by atoms with E-state index in [9.17, 15) is 9.59 Å². The van der Waals surface area contributed by atoms with Crippen molar-refractivity contribution in [2.24, 2.45) is 0 Å². The number of halogens is 1. The first-order valence-electron chi connectivity index (χ1n) is 12.7. The van der Waals surface area contributed by atoms with Gasteiger partial charge in [0.2, 0.25) is 0 Å². The molecule has 0 spiro atoms. The largest absolute Gasteiger partial charge is 0.480 e. The summed E-state index contributed by atoms with van der Waals surface area (Å²) < 4.78 is 13.3. The number of ketones is 1. The number of aromatic nitrogens is 1. The molecule has 1 aliphatic rings. The van der Waals surface area contributed by atoms with Crippen LogP contribution in [0.2, 0.25) is 0 Å². The summed E-state index contributed by atoms with van der Waals surface area (Å²) in [6.07, 6.45) is 0.248. The highest BCUT2D eigenvalue weighted by Gasteiger charge is 2.35. The van der Waals surface area contributed by atoms with Crippen LogP contribution in [0.1, 0.15) is 37.9 Å². The van der Waals surface area contributed by atoms with Gasteiger partial charge in [-0.1, -0.05) is 30.3 Å². The summed E-state index contributed by atoms with van der Waals surface area (Å²) in [5.74, 6) is 0.755. The van der Waals surface area contributed by atoms with Gasteiger partial charge < -0.3 is 20.1 Å². The SMILES string of the molecule is [2H]POc1cc2c(c3ccccc13)[C@H](CCl)CN2C(=O)c1cc2cc(CC(=O)c3ccc(N)cc3)ccc2[nH]1. The summed E-state index contributed by atoms with van der Waals surface area (Å²) in [6.45, 7) is 0.449. The van der Waals surface area contributed by atoms with Crippen LogP contribution in [0.15, 0.2) is 78.9 Å². The number of hydrogen-bond acceptors (Lipinski definition) is 4. The van der Waals surface area contributed by atoms with Crippen LogP contribution in [0.25, 0.3) is 21.7 Å². The molecule has 3 N–H and O–H groups in total. The molecular weight excluding hydrogens is 517 g/mol. The predicted octanol–water partition coefficient (Wildman–Crippen LogP) is 6.48. The van der Waals surface area contributed by atoms with Crippen LogP contribution < -0.4 is 15.2 Å². The van der Waals surface area contributed by atoms with Gasteiger partial charge in [0.1, 0.15) is 11.4 Å². The van der Waals surface area contributed by atoms with Crippen LogP contribution in [0.5, 0.6) is 5.75 Å². The maximum atomic E-state index is 13.8. The number of carbonyl (C=O) groups excluding carboxylic acids is 2. The van der Waals surface area contributed by atoms with Gasteiger partial charge >= 0.3 is 0 Å². The smallest absolute Gasteiger partial charge is 0.274 e. The quantitative estimate of drug-likeness (QED) is 0.107. The van der Waals surface area contributed by atoms with E-state index in [1.807, 2.05) is 54.6 Å². The molecule has 38 heavy (non-hydrogen) atoms. The molecule has 1 aliphatic heterocycles. The Morgan fingerprint density at radius 1 is 1.08 bits per heavy atom. The summed E-state index contributed by atoms with van der Waals surface area (Å²) in [5.41, 5.74) is 10.9. The monoisotopic (exact) mass is 542 g/mol. The Kier molecular flexibility index (Phi) is 5.99. The molecule has 2 heterocycles. The van der Waals surface area contributed by atoms with Crippen molar-refractivity contribution >= 4 is 65.8 Å². The molecule has 0 radical (unpaired) electrons. The van der Waals surface area contributed by atoms with Crippen LogP contribution >= 0.6 is 21.0 Å². The van der Waals surface area contributed by atoms with Gasteiger partial charge in [-0.2, -0.15) is 0 Å². The van der Waals surface area contributed by atoms with Gasteiger partial charge in [-0.3, -0.25) is 9.59 Å². The Morgan fingerprint density at radius 2 is 1.87 bits per heavy atom. The number of hydrogen-bond donors (Lipinski definition) is 2. The first-order chi connectivity index (χ1) is 19.0. The third kappa shape index (κ3) is 4.20. The Hall–Kier alpha value is -3.86. The lowest BCUT2D eigenvalue weighted by atomic mass is 9.95. The molecule has 1 unspecified atom stereocenters. The number of amides is 1. The Labute approximate surface area is 228 Å². The summed E-state index contributed by atoms with van der Waals surface area (Å²) in [6, 6.07) is 24.2. The third-order valence-corrected chi connectivity index (χ3v) is 7.78. The van der Waals surface area contributed by atoms with Crippen LogP contribution in [0, 0.1) is 0 Å². The van der Waals surface area contributed by atoms with Crippen molar-refractivity contribution in [1.82, 2.24) is 4.98 Å². The fourth-order valence-corrected chi connectivity index (χ4v) is 5.75. The summed E-state index contributed by atoms with van der Waals surface area (Å²) in [5, 5.41) is 2.75. The van der Waals surface area contributed by atoms with E-state index >= 15 is 0 Å².